The number of hydrogen-bond donors (Lipinski definition) is 2. The minimum atomic E-state index is -0.358. The van der Waals surface area contributed by atoms with Crippen LogP contribution in [0.1, 0.15) is 15.9 Å². The van der Waals surface area contributed by atoms with Crippen molar-refractivity contribution in [3.05, 3.63) is 29.3 Å². The second kappa shape index (κ2) is 3.55. The molecule has 1 fully saturated rings. The van der Waals surface area contributed by atoms with Crippen molar-refractivity contribution in [3.63, 3.8) is 0 Å². The summed E-state index contributed by atoms with van der Waals surface area (Å²) < 4.78 is 0. The van der Waals surface area contributed by atoms with E-state index in [1.54, 1.807) is 23.1 Å². The van der Waals surface area contributed by atoms with Gasteiger partial charge in [-0.2, -0.15) is 0 Å². The van der Waals surface area contributed by atoms with Gasteiger partial charge < -0.3 is 15.7 Å². The average molecular weight is 206 g/mol. The number of carbonyl (C=O) groups is 1. The van der Waals surface area contributed by atoms with Crippen LogP contribution >= 0.6 is 0 Å². The van der Waals surface area contributed by atoms with E-state index in [9.17, 15) is 4.79 Å². The van der Waals surface area contributed by atoms with E-state index in [0.717, 1.165) is 5.56 Å². The predicted molar refractivity (Wildman–Crippen MR) is 57.5 cm³/mol. The van der Waals surface area contributed by atoms with Crippen LogP contribution in [-0.4, -0.2) is 35.1 Å². The number of aryl methyl sites for hydroxylation is 1. The van der Waals surface area contributed by atoms with Crippen LogP contribution in [-0.2, 0) is 0 Å². The predicted octanol–water partition coefficient (Wildman–Crippen LogP) is 0.394. The number of hydrogen-bond acceptors (Lipinski definition) is 3. The molecule has 1 aliphatic rings. The van der Waals surface area contributed by atoms with Crippen molar-refractivity contribution >= 4 is 11.6 Å². The quantitative estimate of drug-likeness (QED) is 0.653. The maximum atomic E-state index is 11.8. The van der Waals surface area contributed by atoms with Gasteiger partial charge in [-0.3, -0.25) is 4.79 Å². The number of β-amino-alcohol motifs (C(OH)–C–C–N with tert-alkyl or cyclic N) is 1. The SMILES string of the molecule is Cc1cc(C(=O)N2CC(O)C2)ccc1N. The first kappa shape index (κ1) is 9.98. The summed E-state index contributed by atoms with van der Waals surface area (Å²) in [4.78, 5) is 13.4. The van der Waals surface area contributed by atoms with Gasteiger partial charge in [-0.15, -0.1) is 0 Å². The molecule has 0 radical (unpaired) electrons. The Hall–Kier alpha value is -1.55. The summed E-state index contributed by atoms with van der Waals surface area (Å²) in [6.45, 7) is 2.74. The van der Waals surface area contributed by atoms with Gasteiger partial charge in [-0.1, -0.05) is 0 Å². The molecule has 1 aromatic rings. The Morgan fingerprint density at radius 2 is 2.20 bits per heavy atom. The molecule has 0 bridgehead atoms. The van der Waals surface area contributed by atoms with Gasteiger partial charge in [0.25, 0.3) is 5.91 Å². The zero-order valence-corrected chi connectivity index (χ0v) is 8.60. The summed E-state index contributed by atoms with van der Waals surface area (Å²) in [5.74, 6) is -0.0385. The van der Waals surface area contributed by atoms with E-state index in [4.69, 9.17) is 10.8 Å². The summed E-state index contributed by atoms with van der Waals surface area (Å²) >= 11 is 0. The molecule has 1 aromatic carbocycles. The van der Waals surface area contributed by atoms with Gasteiger partial charge in [0.2, 0.25) is 0 Å². The lowest BCUT2D eigenvalue weighted by molar-refractivity contribution is 0.00589. The normalized spacial score (nSPS) is 16.3. The first-order valence-electron chi connectivity index (χ1n) is 4.91. The Morgan fingerprint density at radius 3 is 2.73 bits per heavy atom. The number of likely N-dealkylation sites (tertiary alicyclic amines) is 1. The van der Waals surface area contributed by atoms with E-state index in [1.165, 1.54) is 0 Å². The molecule has 1 saturated heterocycles. The largest absolute Gasteiger partial charge is 0.399 e. The Labute approximate surface area is 88.3 Å². The number of nitrogens with zero attached hydrogens (tertiary/aromatic N) is 1. The number of nitrogen functional groups attached to an aromatic ring is 1. The van der Waals surface area contributed by atoms with Gasteiger partial charge in [0.1, 0.15) is 0 Å². The fraction of sp³-hybridized carbons (Fsp3) is 0.364. The number of amides is 1. The molecule has 1 amide bonds. The maximum Gasteiger partial charge on any atom is 0.254 e. The summed E-state index contributed by atoms with van der Waals surface area (Å²) in [5.41, 5.74) is 7.90. The van der Waals surface area contributed by atoms with Gasteiger partial charge in [0, 0.05) is 24.3 Å². The van der Waals surface area contributed by atoms with E-state index < -0.39 is 0 Å². The molecule has 0 aromatic heterocycles. The van der Waals surface area contributed by atoms with E-state index >= 15 is 0 Å². The third kappa shape index (κ3) is 1.80. The number of carbonyl (C=O) groups excluding carboxylic acids is 1. The molecular formula is C11H14N2O2. The summed E-state index contributed by atoms with van der Waals surface area (Å²) in [6, 6.07) is 5.23. The molecule has 0 aliphatic carbocycles. The van der Waals surface area contributed by atoms with Crippen molar-refractivity contribution in [1.82, 2.24) is 4.90 Å². The number of anilines is 1. The van der Waals surface area contributed by atoms with Crippen LogP contribution in [0.25, 0.3) is 0 Å². The monoisotopic (exact) mass is 206 g/mol. The Morgan fingerprint density at radius 1 is 1.53 bits per heavy atom. The third-order valence-corrected chi connectivity index (χ3v) is 2.67. The van der Waals surface area contributed by atoms with Crippen molar-refractivity contribution in [2.75, 3.05) is 18.8 Å². The Balaban J connectivity index is 2.16. The molecule has 0 saturated carbocycles. The Kier molecular flexibility index (Phi) is 2.36. The molecule has 2 rings (SSSR count). The number of benzene rings is 1. The van der Waals surface area contributed by atoms with E-state index in [2.05, 4.69) is 0 Å². The summed E-state index contributed by atoms with van der Waals surface area (Å²) in [6.07, 6.45) is -0.358. The topological polar surface area (TPSA) is 66.6 Å². The molecule has 1 aliphatic heterocycles. The molecule has 15 heavy (non-hydrogen) atoms. The van der Waals surface area contributed by atoms with Crippen LogP contribution < -0.4 is 5.73 Å². The zero-order valence-electron chi connectivity index (χ0n) is 8.60. The fourth-order valence-electron chi connectivity index (χ4n) is 1.61. The minimum Gasteiger partial charge on any atom is -0.399 e. The lowest BCUT2D eigenvalue weighted by atomic mass is 10.1. The van der Waals surface area contributed by atoms with Crippen LogP contribution in [0.5, 0.6) is 0 Å². The molecule has 0 spiro atoms. The molecule has 3 N–H and O–H groups in total. The highest BCUT2D eigenvalue weighted by atomic mass is 16.3. The van der Waals surface area contributed by atoms with Crippen LogP contribution in [0.4, 0.5) is 5.69 Å². The van der Waals surface area contributed by atoms with Gasteiger partial charge in [-0.25, -0.2) is 0 Å². The highest BCUT2D eigenvalue weighted by Gasteiger charge is 2.29. The molecule has 0 unspecified atom stereocenters. The van der Waals surface area contributed by atoms with Crippen molar-refractivity contribution in [2.24, 2.45) is 0 Å². The van der Waals surface area contributed by atoms with E-state index in [0.29, 0.717) is 24.3 Å². The van der Waals surface area contributed by atoms with Crippen LogP contribution in [0, 0.1) is 6.92 Å². The first-order valence-corrected chi connectivity index (χ1v) is 4.91. The first-order chi connectivity index (χ1) is 7.08. The summed E-state index contributed by atoms with van der Waals surface area (Å²) in [5, 5.41) is 9.10. The second-order valence-electron chi connectivity index (χ2n) is 3.94. The van der Waals surface area contributed by atoms with Crippen molar-refractivity contribution in [3.8, 4) is 0 Å². The molecular weight excluding hydrogens is 192 g/mol. The smallest absolute Gasteiger partial charge is 0.254 e. The van der Waals surface area contributed by atoms with Gasteiger partial charge in [0.05, 0.1) is 6.10 Å². The van der Waals surface area contributed by atoms with Crippen molar-refractivity contribution in [1.29, 1.82) is 0 Å². The zero-order chi connectivity index (χ0) is 11.0. The molecule has 0 atom stereocenters. The van der Waals surface area contributed by atoms with E-state index in [1.807, 2.05) is 6.92 Å². The lowest BCUT2D eigenvalue weighted by Gasteiger charge is -2.35. The van der Waals surface area contributed by atoms with Crippen molar-refractivity contribution < 1.29 is 9.90 Å². The average Bonchev–Trinajstić information content (AvgIpc) is 2.16. The highest BCUT2D eigenvalue weighted by molar-refractivity contribution is 5.95. The van der Waals surface area contributed by atoms with E-state index in [-0.39, 0.29) is 12.0 Å². The third-order valence-electron chi connectivity index (χ3n) is 2.67. The Bertz CT molecular complexity index is 398. The second-order valence-corrected chi connectivity index (χ2v) is 3.94. The van der Waals surface area contributed by atoms with Crippen molar-refractivity contribution in [2.45, 2.75) is 13.0 Å². The standard InChI is InChI=1S/C11H14N2O2/c1-7-4-8(2-3-10(7)12)11(15)13-5-9(14)6-13/h2-4,9,14H,5-6,12H2,1H3. The van der Waals surface area contributed by atoms with Crippen LogP contribution in [0.15, 0.2) is 18.2 Å². The molecule has 80 valence electrons. The van der Waals surface area contributed by atoms with Gasteiger partial charge in [0.15, 0.2) is 0 Å². The number of rotatable bonds is 1. The fourth-order valence-corrected chi connectivity index (χ4v) is 1.61. The molecule has 4 nitrogen and oxygen atoms in total. The van der Waals surface area contributed by atoms with Gasteiger partial charge in [-0.05, 0) is 30.7 Å². The highest BCUT2D eigenvalue weighted by Crippen LogP contribution is 2.17. The molecule has 4 heteroatoms. The molecule has 1 heterocycles. The minimum absolute atomic E-state index is 0.0385. The maximum absolute atomic E-state index is 11.8. The van der Waals surface area contributed by atoms with Crippen LogP contribution in [0.3, 0.4) is 0 Å². The lowest BCUT2D eigenvalue weighted by Crippen LogP contribution is -2.53. The number of nitrogens with two attached hydrogens (primary N) is 1. The van der Waals surface area contributed by atoms with Gasteiger partial charge >= 0.3 is 0 Å². The number of aliphatic hydroxyl groups excluding tert-OH is 1. The summed E-state index contributed by atoms with van der Waals surface area (Å²) in [7, 11) is 0. The van der Waals surface area contributed by atoms with Crippen LogP contribution in [0.2, 0.25) is 0 Å². The number of aliphatic hydroxyl groups is 1.